The smallest absolute Gasteiger partial charge is 0.401 e. The van der Waals surface area contributed by atoms with Crippen LogP contribution in [0.5, 0.6) is 0 Å². The molecule has 118 valence electrons. The SMILES string of the molecule is COC(=O)C(CN(CC(F)(F)F)C(C)C)c1ccccc1. The van der Waals surface area contributed by atoms with E-state index in [0.717, 1.165) is 0 Å². The normalized spacial score (nSPS) is 13.5. The molecule has 0 aromatic heterocycles. The number of alkyl halides is 3. The highest BCUT2D eigenvalue weighted by Gasteiger charge is 2.34. The van der Waals surface area contributed by atoms with E-state index in [9.17, 15) is 18.0 Å². The number of nitrogens with zero attached hydrogens (tertiary/aromatic N) is 1. The Balaban J connectivity index is 2.96. The summed E-state index contributed by atoms with van der Waals surface area (Å²) in [6, 6.07) is 8.38. The minimum absolute atomic E-state index is 0.0339. The summed E-state index contributed by atoms with van der Waals surface area (Å²) in [5.74, 6) is -1.27. The molecule has 0 spiro atoms. The summed E-state index contributed by atoms with van der Waals surface area (Å²) in [5.41, 5.74) is 0.650. The lowest BCUT2D eigenvalue weighted by atomic mass is 9.98. The molecule has 1 unspecified atom stereocenters. The van der Waals surface area contributed by atoms with Crippen LogP contribution >= 0.6 is 0 Å². The van der Waals surface area contributed by atoms with Gasteiger partial charge in [-0.3, -0.25) is 9.69 Å². The predicted octanol–water partition coefficient (Wildman–Crippen LogP) is 3.22. The molecule has 0 saturated heterocycles. The number of carbonyl (C=O) groups excluding carboxylic acids is 1. The van der Waals surface area contributed by atoms with E-state index in [1.54, 1.807) is 44.2 Å². The second-order valence-corrected chi connectivity index (χ2v) is 5.12. The molecule has 0 N–H and O–H groups in total. The average molecular weight is 303 g/mol. The van der Waals surface area contributed by atoms with Crippen molar-refractivity contribution in [2.75, 3.05) is 20.2 Å². The molecule has 0 saturated carbocycles. The Kier molecular flexibility index (Phi) is 6.20. The maximum absolute atomic E-state index is 12.6. The molecule has 0 bridgehead atoms. The zero-order valence-corrected chi connectivity index (χ0v) is 12.4. The highest BCUT2D eigenvalue weighted by Crippen LogP contribution is 2.23. The lowest BCUT2D eigenvalue weighted by Gasteiger charge is -2.30. The first-order chi connectivity index (χ1) is 9.74. The van der Waals surface area contributed by atoms with Crippen molar-refractivity contribution in [3.63, 3.8) is 0 Å². The van der Waals surface area contributed by atoms with Crippen LogP contribution < -0.4 is 0 Å². The van der Waals surface area contributed by atoms with Gasteiger partial charge in [0, 0.05) is 12.6 Å². The summed E-state index contributed by atoms with van der Waals surface area (Å²) in [7, 11) is 1.24. The number of methoxy groups -OCH3 is 1. The van der Waals surface area contributed by atoms with Crippen molar-refractivity contribution >= 4 is 5.97 Å². The van der Waals surface area contributed by atoms with Crippen LogP contribution in [0, 0.1) is 0 Å². The molecule has 0 aliphatic heterocycles. The van der Waals surface area contributed by atoms with Crippen molar-refractivity contribution in [1.29, 1.82) is 0 Å². The number of benzene rings is 1. The third-order valence-corrected chi connectivity index (χ3v) is 3.22. The minimum atomic E-state index is -4.30. The maximum Gasteiger partial charge on any atom is 0.401 e. The number of hydrogen-bond acceptors (Lipinski definition) is 3. The number of halogens is 3. The van der Waals surface area contributed by atoms with E-state index in [1.165, 1.54) is 12.0 Å². The van der Waals surface area contributed by atoms with E-state index < -0.39 is 24.6 Å². The Morgan fingerprint density at radius 2 is 1.81 bits per heavy atom. The van der Waals surface area contributed by atoms with Crippen LogP contribution in [0.25, 0.3) is 0 Å². The van der Waals surface area contributed by atoms with Gasteiger partial charge in [-0.25, -0.2) is 0 Å². The second-order valence-electron chi connectivity index (χ2n) is 5.12. The maximum atomic E-state index is 12.6. The van der Waals surface area contributed by atoms with Crippen molar-refractivity contribution in [2.45, 2.75) is 32.0 Å². The highest BCUT2D eigenvalue weighted by molar-refractivity contribution is 5.78. The molecule has 0 amide bonds. The fourth-order valence-electron chi connectivity index (χ4n) is 2.07. The molecule has 1 aromatic carbocycles. The van der Waals surface area contributed by atoms with Crippen molar-refractivity contribution < 1.29 is 22.7 Å². The Morgan fingerprint density at radius 1 is 1.24 bits per heavy atom. The van der Waals surface area contributed by atoms with Crippen molar-refractivity contribution in [3.05, 3.63) is 35.9 Å². The van der Waals surface area contributed by atoms with E-state index in [2.05, 4.69) is 0 Å². The molecule has 3 nitrogen and oxygen atoms in total. The molecular weight excluding hydrogens is 283 g/mol. The molecule has 1 atom stereocenters. The van der Waals surface area contributed by atoms with Crippen LogP contribution in [0.15, 0.2) is 30.3 Å². The Labute approximate surface area is 122 Å². The first kappa shape index (κ1) is 17.5. The van der Waals surface area contributed by atoms with Crippen molar-refractivity contribution in [3.8, 4) is 0 Å². The van der Waals surface area contributed by atoms with Crippen LogP contribution in [0.3, 0.4) is 0 Å². The van der Waals surface area contributed by atoms with Gasteiger partial charge in [0.2, 0.25) is 0 Å². The molecule has 21 heavy (non-hydrogen) atoms. The van der Waals surface area contributed by atoms with Crippen LogP contribution in [-0.4, -0.2) is 43.3 Å². The molecule has 0 aliphatic carbocycles. The minimum Gasteiger partial charge on any atom is -0.469 e. The monoisotopic (exact) mass is 303 g/mol. The molecule has 0 fully saturated rings. The van der Waals surface area contributed by atoms with E-state index >= 15 is 0 Å². The Bertz CT molecular complexity index is 446. The summed E-state index contributed by atoms with van der Waals surface area (Å²) in [5, 5.41) is 0. The molecule has 0 heterocycles. The van der Waals surface area contributed by atoms with Gasteiger partial charge in [-0.2, -0.15) is 13.2 Å². The summed E-state index contributed by atoms with van der Waals surface area (Å²) >= 11 is 0. The lowest BCUT2D eigenvalue weighted by molar-refractivity contribution is -0.155. The molecule has 1 rings (SSSR count). The summed E-state index contributed by atoms with van der Waals surface area (Å²) in [6.45, 7) is 2.26. The van der Waals surface area contributed by atoms with Gasteiger partial charge in [0.15, 0.2) is 0 Å². The molecule has 0 radical (unpaired) electrons. The van der Waals surface area contributed by atoms with E-state index in [1.807, 2.05) is 0 Å². The quantitative estimate of drug-likeness (QED) is 0.756. The van der Waals surface area contributed by atoms with Crippen LogP contribution in [0.1, 0.15) is 25.3 Å². The Hall–Kier alpha value is -1.56. The van der Waals surface area contributed by atoms with Gasteiger partial charge in [-0.15, -0.1) is 0 Å². The van der Waals surface area contributed by atoms with Crippen molar-refractivity contribution in [1.82, 2.24) is 4.90 Å². The van der Waals surface area contributed by atoms with Crippen LogP contribution in [0.2, 0.25) is 0 Å². The van der Waals surface area contributed by atoms with Crippen molar-refractivity contribution in [2.24, 2.45) is 0 Å². The number of ether oxygens (including phenoxy) is 1. The highest BCUT2D eigenvalue weighted by atomic mass is 19.4. The van der Waals surface area contributed by atoms with E-state index in [-0.39, 0.29) is 12.6 Å². The number of hydrogen-bond donors (Lipinski definition) is 0. The summed E-state index contributed by atoms with van der Waals surface area (Å²) in [4.78, 5) is 13.1. The topological polar surface area (TPSA) is 29.5 Å². The standard InChI is InChI=1S/C15H20F3NO2/c1-11(2)19(10-15(16,17)18)9-13(14(20)21-3)12-7-5-4-6-8-12/h4-8,11,13H,9-10H2,1-3H3. The first-order valence-electron chi connectivity index (χ1n) is 6.68. The molecule has 0 aliphatic rings. The zero-order valence-electron chi connectivity index (χ0n) is 12.4. The molecule has 6 heteroatoms. The van der Waals surface area contributed by atoms with Crippen LogP contribution in [0.4, 0.5) is 13.2 Å². The zero-order chi connectivity index (χ0) is 16.0. The summed E-state index contributed by atoms with van der Waals surface area (Å²) in [6.07, 6.45) is -4.30. The van der Waals surface area contributed by atoms with Gasteiger partial charge in [-0.1, -0.05) is 30.3 Å². The molecule has 1 aromatic rings. The van der Waals surface area contributed by atoms with Gasteiger partial charge in [0.05, 0.1) is 19.6 Å². The second kappa shape index (κ2) is 7.45. The van der Waals surface area contributed by atoms with Gasteiger partial charge in [0.1, 0.15) is 0 Å². The third kappa shape index (κ3) is 5.75. The summed E-state index contributed by atoms with van der Waals surface area (Å²) < 4.78 is 42.7. The van der Waals surface area contributed by atoms with Gasteiger partial charge < -0.3 is 4.74 Å². The van der Waals surface area contributed by atoms with Gasteiger partial charge in [0.25, 0.3) is 0 Å². The largest absolute Gasteiger partial charge is 0.469 e. The van der Waals surface area contributed by atoms with E-state index in [4.69, 9.17) is 4.74 Å². The van der Waals surface area contributed by atoms with Gasteiger partial charge in [-0.05, 0) is 19.4 Å². The lowest BCUT2D eigenvalue weighted by Crippen LogP contribution is -2.42. The Morgan fingerprint density at radius 3 is 2.24 bits per heavy atom. The fourth-order valence-corrected chi connectivity index (χ4v) is 2.07. The van der Waals surface area contributed by atoms with Gasteiger partial charge >= 0.3 is 12.1 Å². The third-order valence-electron chi connectivity index (χ3n) is 3.22. The number of carbonyl (C=O) groups is 1. The first-order valence-corrected chi connectivity index (χ1v) is 6.68. The predicted molar refractivity (Wildman–Crippen MR) is 74.0 cm³/mol. The number of rotatable bonds is 6. The van der Waals surface area contributed by atoms with E-state index in [0.29, 0.717) is 5.56 Å². The molecular formula is C15H20F3NO2. The number of esters is 1. The average Bonchev–Trinajstić information content (AvgIpc) is 2.42. The fraction of sp³-hybridized carbons (Fsp3) is 0.533. The van der Waals surface area contributed by atoms with Crippen LogP contribution in [-0.2, 0) is 9.53 Å².